The summed E-state index contributed by atoms with van der Waals surface area (Å²) in [4.78, 5) is 28.6. The van der Waals surface area contributed by atoms with Crippen LogP contribution in [0.1, 0.15) is 51.8 Å². The lowest BCUT2D eigenvalue weighted by atomic mass is 10.0. The van der Waals surface area contributed by atoms with E-state index in [1.165, 1.54) is 0 Å². The molecule has 1 heterocycles. The van der Waals surface area contributed by atoms with Crippen molar-refractivity contribution >= 4 is 22.7 Å². The van der Waals surface area contributed by atoms with Gasteiger partial charge in [0.2, 0.25) is 5.91 Å². The van der Waals surface area contributed by atoms with Crippen LogP contribution in [0.2, 0.25) is 0 Å². The minimum Gasteiger partial charge on any atom is -0.350 e. The fourth-order valence-electron chi connectivity index (χ4n) is 3.84. The lowest BCUT2D eigenvalue weighted by Gasteiger charge is -2.32. The number of carbonyl (C=O) groups excluding carboxylic acids is 2. The Kier molecular flexibility index (Phi) is 7.28. The Balaban J connectivity index is 2.13. The van der Waals surface area contributed by atoms with E-state index in [-0.39, 0.29) is 24.3 Å². The maximum Gasteiger partial charge on any atom is 0.299 e. The number of hydrogen-bond acceptors (Lipinski definition) is 2. The minimum absolute atomic E-state index is 0.0481. The van der Waals surface area contributed by atoms with E-state index in [0.29, 0.717) is 0 Å². The molecule has 5 nitrogen and oxygen atoms in total. The number of aromatic nitrogens is 1. The summed E-state index contributed by atoms with van der Waals surface area (Å²) >= 11 is 0. The maximum atomic E-state index is 13.5. The van der Waals surface area contributed by atoms with Gasteiger partial charge in [0, 0.05) is 42.1 Å². The Hall–Kier alpha value is -3.52. The molecule has 3 aromatic rings. The summed E-state index contributed by atoms with van der Waals surface area (Å²) in [6.45, 7) is 9.95. The van der Waals surface area contributed by atoms with Gasteiger partial charge in [-0.15, -0.1) is 0 Å². The highest BCUT2D eigenvalue weighted by molar-refractivity contribution is 5.98. The van der Waals surface area contributed by atoms with Crippen LogP contribution in [0.15, 0.2) is 60.8 Å². The maximum absolute atomic E-state index is 13.5. The zero-order valence-electron chi connectivity index (χ0n) is 20.3. The van der Waals surface area contributed by atoms with Crippen molar-refractivity contribution in [2.24, 2.45) is 13.0 Å². The molecular formula is C28H33N3O2. The molecule has 0 aliphatic carbocycles. The van der Waals surface area contributed by atoms with Crippen molar-refractivity contribution in [3.8, 4) is 11.8 Å². The lowest BCUT2D eigenvalue weighted by Crippen LogP contribution is -2.49. The molecule has 0 aliphatic rings. The van der Waals surface area contributed by atoms with E-state index < -0.39 is 11.6 Å². The van der Waals surface area contributed by atoms with Gasteiger partial charge in [0.1, 0.15) is 6.04 Å². The number of fused-ring (bicyclic) bond motifs is 1. The average Bonchev–Trinajstić information content (AvgIpc) is 3.06. The molecule has 1 atom stereocenters. The third-order valence-electron chi connectivity index (χ3n) is 5.22. The summed E-state index contributed by atoms with van der Waals surface area (Å²) < 4.78 is 2.04. The SMILES string of the molecule is CC(C)C#CC(=O)N(Cc1cn(C)c2ccccc12)C(C(=O)NC(C)(C)C)c1ccccc1. The first-order chi connectivity index (χ1) is 15.6. The molecule has 1 unspecified atom stereocenters. The molecule has 172 valence electrons. The Morgan fingerprint density at radius 3 is 2.30 bits per heavy atom. The zero-order chi connectivity index (χ0) is 24.2. The van der Waals surface area contributed by atoms with Crippen molar-refractivity contribution in [1.29, 1.82) is 0 Å². The summed E-state index contributed by atoms with van der Waals surface area (Å²) in [7, 11) is 1.98. The average molecular weight is 444 g/mol. The molecule has 0 bridgehead atoms. The smallest absolute Gasteiger partial charge is 0.299 e. The van der Waals surface area contributed by atoms with Gasteiger partial charge in [0.25, 0.3) is 5.91 Å². The normalized spacial score (nSPS) is 12.2. The fraction of sp³-hybridized carbons (Fsp3) is 0.357. The minimum atomic E-state index is -0.807. The van der Waals surface area contributed by atoms with Crippen molar-refractivity contribution in [3.63, 3.8) is 0 Å². The molecule has 1 aromatic heterocycles. The van der Waals surface area contributed by atoms with E-state index in [4.69, 9.17) is 0 Å². The number of carbonyl (C=O) groups is 2. The van der Waals surface area contributed by atoms with Crippen molar-refractivity contribution in [1.82, 2.24) is 14.8 Å². The molecular weight excluding hydrogens is 410 g/mol. The van der Waals surface area contributed by atoms with E-state index in [0.717, 1.165) is 22.0 Å². The summed E-state index contributed by atoms with van der Waals surface area (Å²) in [5.41, 5.74) is 2.35. The van der Waals surface area contributed by atoms with Crippen LogP contribution in [0.4, 0.5) is 0 Å². The number of rotatable bonds is 5. The molecule has 2 aromatic carbocycles. The molecule has 0 saturated heterocycles. The van der Waals surface area contributed by atoms with E-state index in [2.05, 4.69) is 17.2 Å². The molecule has 0 fully saturated rings. The molecule has 0 aliphatic heterocycles. The number of nitrogens with zero attached hydrogens (tertiary/aromatic N) is 2. The third-order valence-corrected chi connectivity index (χ3v) is 5.22. The van der Waals surface area contributed by atoms with Crippen LogP contribution < -0.4 is 5.32 Å². The first-order valence-corrected chi connectivity index (χ1v) is 11.3. The van der Waals surface area contributed by atoms with Gasteiger partial charge in [-0.05, 0) is 43.9 Å². The largest absolute Gasteiger partial charge is 0.350 e. The number of aryl methyl sites for hydroxylation is 1. The number of benzene rings is 2. The Morgan fingerprint density at radius 2 is 1.67 bits per heavy atom. The van der Waals surface area contributed by atoms with Crippen LogP contribution >= 0.6 is 0 Å². The van der Waals surface area contributed by atoms with Crippen LogP contribution in [-0.4, -0.2) is 26.8 Å². The number of para-hydroxylation sites is 1. The fourth-order valence-corrected chi connectivity index (χ4v) is 3.84. The quantitative estimate of drug-likeness (QED) is 0.575. The van der Waals surface area contributed by atoms with E-state index in [1.807, 2.05) is 107 Å². The van der Waals surface area contributed by atoms with Gasteiger partial charge in [0.05, 0.1) is 0 Å². The predicted molar refractivity (Wildman–Crippen MR) is 133 cm³/mol. The Labute approximate surface area is 196 Å². The molecule has 0 saturated carbocycles. The highest BCUT2D eigenvalue weighted by Crippen LogP contribution is 2.28. The van der Waals surface area contributed by atoms with Gasteiger partial charge in [-0.2, -0.15) is 0 Å². The lowest BCUT2D eigenvalue weighted by molar-refractivity contribution is -0.138. The number of nitrogens with one attached hydrogen (secondary N) is 1. The van der Waals surface area contributed by atoms with Crippen LogP contribution in [0.3, 0.4) is 0 Å². The number of amides is 2. The Morgan fingerprint density at radius 1 is 1.03 bits per heavy atom. The third kappa shape index (κ3) is 6.04. The van der Waals surface area contributed by atoms with Gasteiger partial charge in [0.15, 0.2) is 0 Å². The van der Waals surface area contributed by atoms with Crippen molar-refractivity contribution in [3.05, 3.63) is 71.9 Å². The zero-order valence-corrected chi connectivity index (χ0v) is 20.3. The highest BCUT2D eigenvalue weighted by Gasteiger charge is 2.33. The van der Waals surface area contributed by atoms with Crippen LogP contribution in [0, 0.1) is 17.8 Å². The summed E-state index contributed by atoms with van der Waals surface area (Å²) in [6.07, 6.45) is 2.02. The standard InChI is InChI=1S/C28H33N3O2/c1-20(2)16-17-25(32)31(19-22-18-30(6)24-15-11-10-14-23(22)24)26(21-12-8-7-9-13-21)27(33)29-28(3,4)5/h7-15,18,20,26H,19H2,1-6H3,(H,29,33). The van der Waals surface area contributed by atoms with E-state index >= 15 is 0 Å². The van der Waals surface area contributed by atoms with Gasteiger partial charge in [-0.3, -0.25) is 9.59 Å². The molecule has 5 heteroatoms. The van der Waals surface area contributed by atoms with Crippen LogP contribution in [-0.2, 0) is 23.2 Å². The van der Waals surface area contributed by atoms with Crippen LogP contribution in [0.5, 0.6) is 0 Å². The molecule has 33 heavy (non-hydrogen) atoms. The molecule has 3 rings (SSSR count). The molecule has 1 N–H and O–H groups in total. The van der Waals surface area contributed by atoms with E-state index in [9.17, 15) is 9.59 Å². The van der Waals surface area contributed by atoms with Gasteiger partial charge in [-0.1, -0.05) is 68.3 Å². The van der Waals surface area contributed by atoms with E-state index in [1.54, 1.807) is 4.90 Å². The summed E-state index contributed by atoms with van der Waals surface area (Å²) in [6, 6.07) is 16.7. The molecule has 0 spiro atoms. The van der Waals surface area contributed by atoms with Gasteiger partial charge < -0.3 is 14.8 Å². The monoisotopic (exact) mass is 443 g/mol. The Bertz CT molecular complexity index is 1190. The first kappa shape index (κ1) is 24.1. The highest BCUT2D eigenvalue weighted by atomic mass is 16.2. The van der Waals surface area contributed by atoms with Gasteiger partial charge >= 0.3 is 0 Å². The molecule has 2 amide bonds. The van der Waals surface area contributed by atoms with Gasteiger partial charge in [-0.25, -0.2) is 0 Å². The second-order valence-electron chi connectivity index (χ2n) is 9.69. The second-order valence-corrected chi connectivity index (χ2v) is 9.69. The second kappa shape index (κ2) is 9.95. The molecule has 0 radical (unpaired) electrons. The van der Waals surface area contributed by atoms with Crippen LogP contribution in [0.25, 0.3) is 10.9 Å². The topological polar surface area (TPSA) is 54.3 Å². The van der Waals surface area contributed by atoms with Crippen molar-refractivity contribution in [2.75, 3.05) is 0 Å². The first-order valence-electron chi connectivity index (χ1n) is 11.3. The van der Waals surface area contributed by atoms with Crippen molar-refractivity contribution in [2.45, 2.75) is 52.7 Å². The van der Waals surface area contributed by atoms with Crippen molar-refractivity contribution < 1.29 is 9.59 Å². The summed E-state index contributed by atoms with van der Waals surface area (Å²) in [5.74, 6) is 5.20. The predicted octanol–water partition coefficient (Wildman–Crippen LogP) is 4.82. The number of hydrogen-bond donors (Lipinski definition) is 1. The summed E-state index contributed by atoms with van der Waals surface area (Å²) in [5, 5.41) is 4.11.